The number of carbonyl (C=O) groups is 2. The summed E-state index contributed by atoms with van der Waals surface area (Å²) in [5.74, 6) is -2.12. The van der Waals surface area contributed by atoms with Crippen molar-refractivity contribution in [2.45, 2.75) is 58.8 Å². The molecular weight excluding hydrogens is 564 g/mol. The van der Waals surface area contributed by atoms with E-state index in [4.69, 9.17) is 14.3 Å². The number of nitro benzene ring substituents is 1. The second kappa shape index (κ2) is 15.0. The molecule has 0 fully saturated rings. The molecule has 11 heteroatoms. The Morgan fingerprint density at radius 1 is 0.955 bits per heavy atom. The number of hydrogen-bond donors (Lipinski definition) is 1. The fourth-order valence-electron chi connectivity index (χ4n) is 5.30. The molecule has 1 aliphatic heterocycles. The van der Waals surface area contributed by atoms with Gasteiger partial charge in [-0.15, -0.1) is 5.10 Å². The van der Waals surface area contributed by atoms with E-state index in [0.717, 1.165) is 36.9 Å². The SMILES string of the molecule is CCc1cccc(-c2ccnn2OCCCCCCOC(=O)C2=C(C)NC(C)=C(C(=O)OC)C2c2cccc([N+](=O)[O-])c2)c1. The molecule has 1 N–H and O–H groups in total. The minimum Gasteiger partial charge on any atom is -0.466 e. The van der Waals surface area contributed by atoms with Gasteiger partial charge in [0.2, 0.25) is 0 Å². The van der Waals surface area contributed by atoms with Crippen molar-refractivity contribution in [3.8, 4) is 11.3 Å². The maximum atomic E-state index is 13.4. The number of non-ortho nitro benzene ring substituents is 1. The lowest BCUT2D eigenvalue weighted by Crippen LogP contribution is -2.32. The van der Waals surface area contributed by atoms with Crippen LogP contribution in [-0.2, 0) is 25.5 Å². The van der Waals surface area contributed by atoms with Gasteiger partial charge in [0.1, 0.15) is 12.3 Å². The van der Waals surface area contributed by atoms with E-state index < -0.39 is 22.8 Å². The molecule has 0 saturated heterocycles. The molecule has 0 amide bonds. The predicted octanol–water partition coefficient (Wildman–Crippen LogP) is 5.66. The predicted molar refractivity (Wildman–Crippen MR) is 164 cm³/mol. The van der Waals surface area contributed by atoms with Crippen LogP contribution in [0.15, 0.2) is 83.3 Å². The second-order valence-electron chi connectivity index (χ2n) is 10.5. The van der Waals surface area contributed by atoms with Crippen LogP contribution in [-0.4, -0.2) is 47.1 Å². The first kappa shape index (κ1) is 32.0. The molecular formula is C33H38N4O7. The van der Waals surface area contributed by atoms with Crippen LogP contribution in [0, 0.1) is 10.1 Å². The smallest absolute Gasteiger partial charge is 0.336 e. The molecule has 232 valence electrons. The van der Waals surface area contributed by atoms with Gasteiger partial charge in [0.25, 0.3) is 5.69 Å². The Morgan fingerprint density at radius 2 is 1.66 bits per heavy atom. The third-order valence-corrected chi connectivity index (χ3v) is 7.53. The van der Waals surface area contributed by atoms with Crippen LogP contribution in [0.5, 0.6) is 0 Å². The Morgan fingerprint density at radius 3 is 2.36 bits per heavy atom. The van der Waals surface area contributed by atoms with Gasteiger partial charge in [-0.1, -0.05) is 42.1 Å². The van der Waals surface area contributed by atoms with Gasteiger partial charge >= 0.3 is 11.9 Å². The zero-order valence-corrected chi connectivity index (χ0v) is 25.5. The Labute approximate surface area is 256 Å². The minimum absolute atomic E-state index is 0.147. The van der Waals surface area contributed by atoms with Crippen molar-refractivity contribution in [3.63, 3.8) is 0 Å². The fourth-order valence-corrected chi connectivity index (χ4v) is 5.30. The molecule has 2 heterocycles. The van der Waals surface area contributed by atoms with Gasteiger partial charge in [-0.3, -0.25) is 10.1 Å². The van der Waals surface area contributed by atoms with Crippen molar-refractivity contribution in [1.82, 2.24) is 15.3 Å². The number of nitrogens with zero attached hydrogens (tertiary/aromatic N) is 3. The summed E-state index contributed by atoms with van der Waals surface area (Å²) >= 11 is 0. The molecule has 2 aromatic carbocycles. The average molecular weight is 603 g/mol. The molecule has 0 bridgehead atoms. The number of aromatic nitrogens is 2. The highest BCUT2D eigenvalue weighted by molar-refractivity contribution is 5.99. The normalized spacial score (nSPS) is 14.7. The molecule has 0 radical (unpaired) electrons. The zero-order chi connectivity index (χ0) is 31.6. The van der Waals surface area contributed by atoms with E-state index in [0.29, 0.717) is 30.0 Å². The van der Waals surface area contributed by atoms with E-state index in [1.54, 1.807) is 31.0 Å². The Kier molecular flexibility index (Phi) is 10.9. The van der Waals surface area contributed by atoms with E-state index in [9.17, 15) is 19.7 Å². The van der Waals surface area contributed by atoms with Gasteiger partial charge in [0, 0.05) is 29.1 Å². The summed E-state index contributed by atoms with van der Waals surface area (Å²) in [6.07, 6.45) is 5.80. The van der Waals surface area contributed by atoms with Crippen LogP contribution in [0.1, 0.15) is 63.5 Å². The second-order valence-corrected chi connectivity index (χ2v) is 10.5. The molecule has 3 aromatic rings. The van der Waals surface area contributed by atoms with E-state index in [1.807, 2.05) is 18.2 Å². The number of unbranched alkanes of at least 4 members (excludes halogenated alkanes) is 3. The van der Waals surface area contributed by atoms with Gasteiger partial charge in [0.05, 0.1) is 41.9 Å². The van der Waals surface area contributed by atoms with Crippen molar-refractivity contribution in [2.75, 3.05) is 20.3 Å². The lowest BCUT2D eigenvalue weighted by Gasteiger charge is -2.30. The minimum atomic E-state index is -0.884. The van der Waals surface area contributed by atoms with E-state index >= 15 is 0 Å². The molecule has 4 rings (SSSR count). The highest BCUT2D eigenvalue weighted by Crippen LogP contribution is 2.40. The van der Waals surface area contributed by atoms with Gasteiger partial charge in [-0.05, 0) is 69.2 Å². The Balaban J connectivity index is 1.31. The third kappa shape index (κ3) is 7.52. The van der Waals surface area contributed by atoms with Crippen molar-refractivity contribution >= 4 is 17.6 Å². The van der Waals surface area contributed by atoms with E-state index in [1.165, 1.54) is 30.9 Å². The summed E-state index contributed by atoms with van der Waals surface area (Å²) in [6.45, 7) is 6.21. The summed E-state index contributed by atoms with van der Waals surface area (Å²) < 4.78 is 10.6. The quantitative estimate of drug-likeness (QED) is 0.107. The monoisotopic (exact) mass is 602 g/mol. The summed E-state index contributed by atoms with van der Waals surface area (Å²) in [5, 5.41) is 18.8. The van der Waals surface area contributed by atoms with Crippen LogP contribution < -0.4 is 10.2 Å². The fraction of sp³-hybridized carbons (Fsp3) is 0.364. The standard InChI is InChI=1S/C33H38N4O7/c1-5-24-12-10-13-25(20-24)28-16-17-34-36(28)44-19-9-7-6-8-18-43-33(39)30-23(3)35-22(2)29(32(38)42-4)31(30)26-14-11-15-27(21-26)37(40)41/h10-17,20-21,31,35H,5-9,18-19H2,1-4H3. The number of methoxy groups -OCH3 is 1. The molecule has 0 spiro atoms. The van der Waals surface area contributed by atoms with Gasteiger partial charge in [-0.25, -0.2) is 9.59 Å². The molecule has 0 saturated carbocycles. The molecule has 1 aliphatic rings. The van der Waals surface area contributed by atoms with Crippen LogP contribution in [0.25, 0.3) is 11.3 Å². The highest BCUT2D eigenvalue weighted by Gasteiger charge is 2.38. The number of ether oxygens (including phenoxy) is 2. The number of carbonyl (C=O) groups excluding carboxylic acids is 2. The highest BCUT2D eigenvalue weighted by atomic mass is 16.7. The Bertz CT molecular complexity index is 1570. The van der Waals surface area contributed by atoms with E-state index in [-0.39, 0.29) is 23.4 Å². The summed E-state index contributed by atoms with van der Waals surface area (Å²) in [6, 6.07) is 16.1. The van der Waals surface area contributed by atoms with Gasteiger partial charge < -0.3 is 19.6 Å². The maximum absolute atomic E-state index is 13.4. The number of nitro groups is 1. The molecule has 44 heavy (non-hydrogen) atoms. The number of benzene rings is 2. The average Bonchev–Trinajstić information content (AvgIpc) is 3.50. The van der Waals surface area contributed by atoms with Crippen molar-refractivity contribution in [3.05, 3.63) is 105 Å². The van der Waals surface area contributed by atoms with E-state index in [2.05, 4.69) is 29.5 Å². The lowest BCUT2D eigenvalue weighted by atomic mass is 9.80. The first-order chi connectivity index (χ1) is 21.2. The molecule has 1 aromatic heterocycles. The number of hydrogen-bond acceptors (Lipinski definition) is 9. The third-order valence-electron chi connectivity index (χ3n) is 7.53. The first-order valence-corrected chi connectivity index (χ1v) is 14.7. The number of esters is 2. The first-order valence-electron chi connectivity index (χ1n) is 14.7. The van der Waals surface area contributed by atoms with Crippen molar-refractivity contribution < 1.29 is 28.8 Å². The summed E-state index contributed by atoms with van der Waals surface area (Å²) in [4.78, 5) is 44.5. The van der Waals surface area contributed by atoms with Crippen LogP contribution in [0.4, 0.5) is 5.69 Å². The number of rotatable bonds is 14. The van der Waals surface area contributed by atoms with Gasteiger partial charge in [-0.2, -0.15) is 0 Å². The molecule has 1 atom stereocenters. The number of aryl methyl sites for hydroxylation is 1. The van der Waals surface area contributed by atoms with Crippen LogP contribution in [0.2, 0.25) is 0 Å². The summed E-state index contributed by atoms with van der Waals surface area (Å²) in [5.41, 5.74) is 4.90. The van der Waals surface area contributed by atoms with Crippen LogP contribution >= 0.6 is 0 Å². The zero-order valence-electron chi connectivity index (χ0n) is 25.5. The molecule has 0 aliphatic carbocycles. The lowest BCUT2D eigenvalue weighted by molar-refractivity contribution is -0.384. The maximum Gasteiger partial charge on any atom is 0.336 e. The number of nitrogens with one attached hydrogen (secondary N) is 1. The van der Waals surface area contributed by atoms with Crippen molar-refractivity contribution in [2.24, 2.45) is 0 Å². The largest absolute Gasteiger partial charge is 0.466 e. The van der Waals surface area contributed by atoms with Crippen molar-refractivity contribution in [1.29, 1.82) is 0 Å². The number of allylic oxidation sites excluding steroid dienone is 2. The number of dihydropyridines is 1. The molecule has 1 unspecified atom stereocenters. The van der Waals surface area contributed by atoms with Gasteiger partial charge in [0.15, 0.2) is 0 Å². The summed E-state index contributed by atoms with van der Waals surface area (Å²) in [7, 11) is 1.25. The topological polar surface area (TPSA) is 135 Å². The molecule has 11 nitrogen and oxygen atoms in total. The Hall–Kier alpha value is -4.93. The van der Waals surface area contributed by atoms with Crippen LogP contribution in [0.3, 0.4) is 0 Å².